The van der Waals surface area contributed by atoms with Gasteiger partial charge >= 0.3 is 6.09 Å². The van der Waals surface area contributed by atoms with Gasteiger partial charge in [0, 0.05) is 36.3 Å². The zero-order chi connectivity index (χ0) is 28.0. The molecule has 9 nitrogen and oxygen atoms in total. The third kappa shape index (κ3) is 8.41. The van der Waals surface area contributed by atoms with Gasteiger partial charge in [0.1, 0.15) is 17.2 Å². The molecule has 1 aliphatic rings. The number of rotatable bonds is 8. The molecule has 1 fully saturated rings. The van der Waals surface area contributed by atoms with Crippen LogP contribution in [0.5, 0.6) is 5.75 Å². The largest absolute Gasteiger partial charge is 0.493 e. The second-order valence-corrected chi connectivity index (χ2v) is 11.7. The minimum Gasteiger partial charge on any atom is -0.493 e. The Kier molecular flexibility index (Phi) is 9.06. The van der Waals surface area contributed by atoms with Gasteiger partial charge in [-0.15, -0.1) is 11.3 Å². The van der Waals surface area contributed by atoms with E-state index < -0.39 is 11.7 Å². The molecule has 3 aromatic rings. The van der Waals surface area contributed by atoms with Crippen molar-refractivity contribution in [1.82, 2.24) is 9.97 Å². The van der Waals surface area contributed by atoms with E-state index in [0.717, 1.165) is 43.1 Å². The van der Waals surface area contributed by atoms with E-state index in [1.165, 1.54) is 11.3 Å². The van der Waals surface area contributed by atoms with Gasteiger partial charge in [-0.3, -0.25) is 10.1 Å². The van der Waals surface area contributed by atoms with E-state index in [4.69, 9.17) is 14.5 Å². The SMILES string of the molecule is Cc1ccc(C(=O)Nc2ccc(OCCc3csc(NC(=O)OC(C)(C)C)n3)cc2)c(N2CCC(C)CC2)n1. The molecule has 39 heavy (non-hydrogen) atoms. The number of carbonyl (C=O) groups is 2. The number of aromatic nitrogens is 2. The first-order chi connectivity index (χ1) is 18.6. The minimum atomic E-state index is -0.566. The van der Waals surface area contributed by atoms with Crippen LogP contribution >= 0.6 is 11.3 Å². The second kappa shape index (κ2) is 12.5. The quantitative estimate of drug-likeness (QED) is 0.338. The lowest BCUT2D eigenvalue weighted by Gasteiger charge is -2.32. The normalized spacial score (nSPS) is 14.1. The topological polar surface area (TPSA) is 106 Å². The Hall–Kier alpha value is -3.66. The number of nitrogens with zero attached hydrogens (tertiary/aromatic N) is 3. The first kappa shape index (κ1) is 28.4. The van der Waals surface area contributed by atoms with Crippen molar-refractivity contribution in [3.63, 3.8) is 0 Å². The van der Waals surface area contributed by atoms with Crippen molar-refractivity contribution in [2.75, 3.05) is 35.2 Å². The molecule has 0 unspecified atom stereocenters. The van der Waals surface area contributed by atoms with Gasteiger partial charge in [0.15, 0.2) is 5.13 Å². The van der Waals surface area contributed by atoms with Crippen molar-refractivity contribution in [1.29, 1.82) is 0 Å². The van der Waals surface area contributed by atoms with Crippen molar-refractivity contribution in [3.05, 3.63) is 58.7 Å². The van der Waals surface area contributed by atoms with Crippen molar-refractivity contribution in [2.45, 2.75) is 59.5 Å². The number of hydrogen-bond acceptors (Lipinski definition) is 8. The first-order valence-corrected chi connectivity index (χ1v) is 14.1. The summed E-state index contributed by atoms with van der Waals surface area (Å²) in [6.07, 6.45) is 2.27. The molecule has 208 valence electrons. The van der Waals surface area contributed by atoms with Crippen LogP contribution < -0.4 is 20.3 Å². The Morgan fingerprint density at radius 1 is 1.05 bits per heavy atom. The molecule has 2 amide bonds. The highest BCUT2D eigenvalue weighted by atomic mass is 32.1. The molecule has 0 bridgehead atoms. The molecule has 1 saturated heterocycles. The summed E-state index contributed by atoms with van der Waals surface area (Å²) in [4.78, 5) is 36.4. The van der Waals surface area contributed by atoms with Crippen molar-refractivity contribution < 1.29 is 19.1 Å². The van der Waals surface area contributed by atoms with E-state index in [9.17, 15) is 9.59 Å². The van der Waals surface area contributed by atoms with E-state index >= 15 is 0 Å². The highest BCUT2D eigenvalue weighted by Gasteiger charge is 2.23. The zero-order valence-electron chi connectivity index (χ0n) is 23.2. The molecule has 0 spiro atoms. The third-order valence-electron chi connectivity index (χ3n) is 6.24. The molecular formula is C29H37N5O4S. The molecule has 0 aliphatic carbocycles. The van der Waals surface area contributed by atoms with Crippen LogP contribution in [-0.2, 0) is 11.2 Å². The Morgan fingerprint density at radius 3 is 2.46 bits per heavy atom. The number of hydrogen-bond donors (Lipinski definition) is 2. The van der Waals surface area contributed by atoms with Crippen LogP contribution in [0.2, 0.25) is 0 Å². The molecule has 4 rings (SSSR count). The van der Waals surface area contributed by atoms with Crippen LogP contribution in [0, 0.1) is 12.8 Å². The third-order valence-corrected chi connectivity index (χ3v) is 7.05. The fourth-order valence-corrected chi connectivity index (χ4v) is 4.89. The molecule has 2 aromatic heterocycles. The van der Waals surface area contributed by atoms with Gasteiger partial charge in [-0.2, -0.15) is 0 Å². The number of carbonyl (C=O) groups excluding carboxylic acids is 2. The lowest BCUT2D eigenvalue weighted by atomic mass is 9.99. The van der Waals surface area contributed by atoms with Crippen LogP contribution in [0.3, 0.4) is 0 Å². The molecule has 0 atom stereocenters. The number of benzene rings is 1. The maximum absolute atomic E-state index is 13.2. The summed E-state index contributed by atoms with van der Waals surface area (Å²) in [6, 6.07) is 11.0. The van der Waals surface area contributed by atoms with Crippen LogP contribution in [0.15, 0.2) is 41.8 Å². The van der Waals surface area contributed by atoms with E-state index in [1.807, 2.05) is 69.5 Å². The number of thiazole rings is 1. The molecule has 2 N–H and O–H groups in total. The average molecular weight is 552 g/mol. The van der Waals surface area contributed by atoms with E-state index in [2.05, 4.69) is 27.4 Å². The Morgan fingerprint density at radius 2 is 1.77 bits per heavy atom. The number of anilines is 3. The van der Waals surface area contributed by atoms with Gasteiger partial charge in [0.05, 0.1) is 17.9 Å². The van der Waals surface area contributed by atoms with Gasteiger partial charge in [0.25, 0.3) is 5.91 Å². The summed E-state index contributed by atoms with van der Waals surface area (Å²) in [6.45, 7) is 11.9. The summed E-state index contributed by atoms with van der Waals surface area (Å²) < 4.78 is 11.1. The lowest BCUT2D eigenvalue weighted by Crippen LogP contribution is -2.35. The number of nitrogens with one attached hydrogen (secondary N) is 2. The summed E-state index contributed by atoms with van der Waals surface area (Å²) in [5.74, 6) is 1.97. The Balaban J connectivity index is 1.28. The Labute approximate surface area is 234 Å². The van der Waals surface area contributed by atoms with Crippen LogP contribution in [0.4, 0.5) is 21.4 Å². The summed E-state index contributed by atoms with van der Waals surface area (Å²) in [5, 5.41) is 8.01. The molecule has 0 saturated carbocycles. The fraction of sp³-hybridized carbons (Fsp3) is 0.448. The highest BCUT2D eigenvalue weighted by Crippen LogP contribution is 2.26. The van der Waals surface area contributed by atoms with Crippen molar-refractivity contribution in [3.8, 4) is 5.75 Å². The number of aryl methyl sites for hydroxylation is 1. The van der Waals surface area contributed by atoms with Crippen molar-refractivity contribution in [2.24, 2.45) is 5.92 Å². The van der Waals surface area contributed by atoms with Gasteiger partial charge in [-0.25, -0.2) is 14.8 Å². The fourth-order valence-electron chi connectivity index (χ4n) is 4.16. The smallest absolute Gasteiger partial charge is 0.413 e. The van der Waals surface area contributed by atoms with Gasteiger partial charge in [-0.05, 0) is 82.9 Å². The monoisotopic (exact) mass is 551 g/mol. The Bertz CT molecular complexity index is 1280. The van der Waals surface area contributed by atoms with Crippen LogP contribution in [-0.4, -0.2) is 47.3 Å². The maximum atomic E-state index is 13.2. The second-order valence-electron chi connectivity index (χ2n) is 10.8. The van der Waals surface area contributed by atoms with Gasteiger partial charge < -0.3 is 19.7 Å². The number of amides is 2. The number of pyridine rings is 1. The predicted molar refractivity (Wildman–Crippen MR) is 155 cm³/mol. The number of piperidine rings is 1. The van der Waals surface area contributed by atoms with Crippen molar-refractivity contribution >= 4 is 40.0 Å². The van der Waals surface area contributed by atoms with Gasteiger partial charge in [0.2, 0.25) is 0 Å². The number of ether oxygens (including phenoxy) is 2. The first-order valence-electron chi connectivity index (χ1n) is 13.3. The molecular weight excluding hydrogens is 514 g/mol. The maximum Gasteiger partial charge on any atom is 0.413 e. The van der Waals surface area contributed by atoms with Crippen LogP contribution in [0.1, 0.15) is 62.3 Å². The summed E-state index contributed by atoms with van der Waals surface area (Å²) in [5.41, 5.74) is 2.42. The zero-order valence-corrected chi connectivity index (χ0v) is 24.1. The standard InChI is InChI=1S/C29H37N5O4S/c1-19-12-15-34(16-13-19)25-24(11-6-20(2)30-25)26(35)31-21-7-9-23(10-8-21)37-17-14-22-18-39-27(32-22)33-28(36)38-29(3,4)5/h6-11,18-19H,12-17H2,1-5H3,(H,31,35)(H,32,33,36). The molecule has 3 heterocycles. The van der Waals surface area contributed by atoms with E-state index in [-0.39, 0.29) is 5.91 Å². The lowest BCUT2D eigenvalue weighted by molar-refractivity contribution is 0.0635. The van der Waals surface area contributed by atoms with E-state index in [1.54, 1.807) is 0 Å². The molecule has 1 aliphatic heterocycles. The average Bonchev–Trinajstić information content (AvgIpc) is 3.31. The van der Waals surface area contributed by atoms with E-state index in [0.29, 0.717) is 41.1 Å². The summed E-state index contributed by atoms with van der Waals surface area (Å²) >= 11 is 1.34. The van der Waals surface area contributed by atoms with Gasteiger partial charge in [-0.1, -0.05) is 6.92 Å². The molecule has 10 heteroatoms. The van der Waals surface area contributed by atoms with Crippen LogP contribution in [0.25, 0.3) is 0 Å². The predicted octanol–water partition coefficient (Wildman–Crippen LogP) is 6.30. The minimum absolute atomic E-state index is 0.177. The molecule has 0 radical (unpaired) electrons. The molecule has 1 aromatic carbocycles. The summed E-state index contributed by atoms with van der Waals surface area (Å²) in [7, 11) is 0. The highest BCUT2D eigenvalue weighted by molar-refractivity contribution is 7.13.